The van der Waals surface area contributed by atoms with Crippen LogP contribution < -0.4 is 10.0 Å². The summed E-state index contributed by atoms with van der Waals surface area (Å²) in [4.78, 5) is 0.263. The van der Waals surface area contributed by atoms with E-state index in [0.29, 0.717) is 17.9 Å². The van der Waals surface area contributed by atoms with Crippen LogP contribution in [-0.4, -0.2) is 15.0 Å². The Kier molecular flexibility index (Phi) is 4.35. The van der Waals surface area contributed by atoms with Gasteiger partial charge in [0.1, 0.15) is 0 Å². The van der Waals surface area contributed by atoms with Gasteiger partial charge in [-0.15, -0.1) is 0 Å². The number of nitrogens with zero attached hydrogens (tertiary/aromatic N) is 1. The highest BCUT2D eigenvalue weighted by Gasteiger charge is 2.23. The zero-order chi connectivity index (χ0) is 14.8. The lowest BCUT2D eigenvalue weighted by Gasteiger charge is -2.23. The van der Waals surface area contributed by atoms with Gasteiger partial charge in [0, 0.05) is 16.7 Å². The number of rotatable bonds is 4. The number of hydrogen-bond acceptors (Lipinski definition) is 3. The molecule has 0 aliphatic rings. The van der Waals surface area contributed by atoms with E-state index in [9.17, 15) is 8.42 Å². The third kappa shape index (κ3) is 2.96. The average Bonchev–Trinajstić information content (AvgIpc) is 2.42. The maximum Gasteiger partial charge on any atom is 0.264 e. The summed E-state index contributed by atoms with van der Waals surface area (Å²) in [5, 5.41) is 0. The van der Waals surface area contributed by atoms with Crippen LogP contribution in [0.15, 0.2) is 57.9 Å². The molecule has 4 nitrogen and oxygen atoms in total. The van der Waals surface area contributed by atoms with Gasteiger partial charge in [0.15, 0.2) is 0 Å². The van der Waals surface area contributed by atoms with Crippen LogP contribution in [0.2, 0.25) is 0 Å². The van der Waals surface area contributed by atoms with Crippen molar-refractivity contribution in [2.75, 3.05) is 16.6 Å². The van der Waals surface area contributed by atoms with Gasteiger partial charge in [-0.2, -0.15) is 0 Å². The van der Waals surface area contributed by atoms with Crippen molar-refractivity contribution in [3.05, 3.63) is 53.0 Å². The molecular formula is C14H15BrN2O2S. The molecule has 0 fully saturated rings. The van der Waals surface area contributed by atoms with Crippen LogP contribution in [0.25, 0.3) is 0 Å². The van der Waals surface area contributed by atoms with E-state index >= 15 is 0 Å². The fourth-order valence-corrected chi connectivity index (χ4v) is 3.60. The summed E-state index contributed by atoms with van der Waals surface area (Å²) in [6.45, 7) is 2.15. The van der Waals surface area contributed by atoms with Gasteiger partial charge in [0.2, 0.25) is 0 Å². The van der Waals surface area contributed by atoms with E-state index in [1.807, 2.05) is 0 Å². The average molecular weight is 355 g/mol. The number of halogens is 1. The maximum atomic E-state index is 12.6. The minimum Gasteiger partial charge on any atom is -0.399 e. The molecule has 0 aliphatic heterocycles. The molecule has 0 bridgehead atoms. The second kappa shape index (κ2) is 5.85. The minimum atomic E-state index is -3.56. The molecule has 2 rings (SSSR count). The van der Waals surface area contributed by atoms with Crippen molar-refractivity contribution in [2.24, 2.45) is 0 Å². The molecule has 20 heavy (non-hydrogen) atoms. The molecule has 2 N–H and O–H groups in total. The Hall–Kier alpha value is -1.53. The van der Waals surface area contributed by atoms with Crippen LogP contribution in [0.1, 0.15) is 6.92 Å². The molecule has 0 aliphatic carbocycles. The van der Waals surface area contributed by atoms with Gasteiger partial charge in [0.25, 0.3) is 10.0 Å². The molecule has 0 spiro atoms. The Morgan fingerprint density at radius 1 is 1.05 bits per heavy atom. The largest absolute Gasteiger partial charge is 0.399 e. The predicted octanol–water partition coefficient (Wildman–Crippen LogP) is 3.25. The van der Waals surface area contributed by atoms with E-state index in [1.54, 1.807) is 55.5 Å². The first-order chi connectivity index (χ1) is 9.45. The van der Waals surface area contributed by atoms with E-state index in [4.69, 9.17) is 5.73 Å². The van der Waals surface area contributed by atoms with Gasteiger partial charge in [-0.25, -0.2) is 8.42 Å². The normalized spacial score (nSPS) is 11.3. The van der Waals surface area contributed by atoms with Gasteiger partial charge in [-0.1, -0.05) is 15.9 Å². The molecule has 2 aromatic rings. The van der Waals surface area contributed by atoms with Crippen LogP contribution >= 0.6 is 15.9 Å². The van der Waals surface area contributed by atoms with Gasteiger partial charge >= 0.3 is 0 Å². The van der Waals surface area contributed by atoms with Crippen LogP contribution in [0.3, 0.4) is 0 Å². The topological polar surface area (TPSA) is 63.4 Å². The van der Waals surface area contributed by atoms with Gasteiger partial charge in [0.05, 0.1) is 10.6 Å². The van der Waals surface area contributed by atoms with Crippen LogP contribution in [-0.2, 0) is 10.0 Å². The molecule has 0 amide bonds. The quantitative estimate of drug-likeness (QED) is 0.857. The van der Waals surface area contributed by atoms with Gasteiger partial charge in [-0.3, -0.25) is 4.31 Å². The van der Waals surface area contributed by atoms with Crippen molar-refractivity contribution in [3.63, 3.8) is 0 Å². The molecular weight excluding hydrogens is 340 g/mol. The number of hydrogen-bond donors (Lipinski definition) is 1. The molecule has 6 heteroatoms. The summed E-state index contributed by atoms with van der Waals surface area (Å²) in [5.74, 6) is 0. The number of sulfonamides is 1. The van der Waals surface area contributed by atoms with E-state index < -0.39 is 10.0 Å². The molecule has 106 valence electrons. The summed E-state index contributed by atoms with van der Waals surface area (Å²) in [6.07, 6.45) is 0. The number of nitrogens with two attached hydrogens (primary N) is 1. The first-order valence-corrected chi connectivity index (χ1v) is 8.32. The first kappa shape index (κ1) is 14.9. The Bertz CT molecular complexity index is 682. The Morgan fingerprint density at radius 3 is 2.10 bits per heavy atom. The van der Waals surface area contributed by atoms with E-state index in [2.05, 4.69) is 15.9 Å². The van der Waals surface area contributed by atoms with Crippen molar-refractivity contribution in [1.82, 2.24) is 0 Å². The minimum absolute atomic E-state index is 0.263. The Morgan fingerprint density at radius 2 is 1.60 bits per heavy atom. The maximum absolute atomic E-state index is 12.6. The lowest BCUT2D eigenvalue weighted by Crippen LogP contribution is -2.30. The van der Waals surface area contributed by atoms with Crippen LogP contribution in [0.5, 0.6) is 0 Å². The highest BCUT2D eigenvalue weighted by molar-refractivity contribution is 9.10. The SMILES string of the molecule is CCN(c1ccc(N)cc1)S(=O)(=O)c1ccc(Br)cc1. The molecule has 0 saturated carbocycles. The molecule has 0 radical (unpaired) electrons. The molecule has 0 heterocycles. The van der Waals surface area contributed by atoms with Gasteiger partial charge in [-0.05, 0) is 55.5 Å². The highest BCUT2D eigenvalue weighted by atomic mass is 79.9. The molecule has 0 unspecified atom stereocenters. The Balaban J connectivity index is 2.44. The summed E-state index contributed by atoms with van der Waals surface area (Å²) in [5.41, 5.74) is 6.84. The standard InChI is InChI=1S/C14H15BrN2O2S/c1-2-17(13-7-5-12(16)6-8-13)20(18,19)14-9-3-11(15)4-10-14/h3-10H,2,16H2,1H3. The number of nitrogen functional groups attached to an aromatic ring is 1. The number of benzene rings is 2. The zero-order valence-corrected chi connectivity index (χ0v) is 13.4. The predicted molar refractivity (Wildman–Crippen MR) is 85.2 cm³/mol. The highest BCUT2D eigenvalue weighted by Crippen LogP contribution is 2.25. The second-order valence-corrected chi connectivity index (χ2v) is 6.99. The third-order valence-corrected chi connectivity index (χ3v) is 5.32. The van der Waals surface area contributed by atoms with E-state index in [1.165, 1.54) is 4.31 Å². The summed E-state index contributed by atoms with van der Waals surface area (Å²) in [6, 6.07) is 13.4. The Labute approximate surface area is 127 Å². The van der Waals surface area contributed by atoms with Crippen molar-refractivity contribution < 1.29 is 8.42 Å². The third-order valence-electron chi connectivity index (χ3n) is 2.87. The lowest BCUT2D eigenvalue weighted by molar-refractivity contribution is 0.592. The van der Waals surface area contributed by atoms with Crippen LogP contribution in [0, 0.1) is 0 Å². The molecule has 0 saturated heterocycles. The van der Waals surface area contributed by atoms with E-state index in [-0.39, 0.29) is 4.90 Å². The second-order valence-electron chi connectivity index (χ2n) is 4.22. The van der Waals surface area contributed by atoms with Crippen molar-refractivity contribution in [3.8, 4) is 0 Å². The fraction of sp³-hybridized carbons (Fsp3) is 0.143. The van der Waals surface area contributed by atoms with E-state index in [0.717, 1.165) is 4.47 Å². The van der Waals surface area contributed by atoms with Crippen LogP contribution in [0.4, 0.5) is 11.4 Å². The summed E-state index contributed by atoms with van der Waals surface area (Å²) >= 11 is 3.30. The fourth-order valence-electron chi connectivity index (χ4n) is 1.87. The summed E-state index contributed by atoms with van der Waals surface area (Å²) < 4.78 is 27.5. The van der Waals surface area contributed by atoms with Crippen molar-refractivity contribution in [2.45, 2.75) is 11.8 Å². The van der Waals surface area contributed by atoms with Crippen molar-refractivity contribution in [1.29, 1.82) is 0 Å². The zero-order valence-electron chi connectivity index (χ0n) is 11.0. The molecule has 0 aromatic heterocycles. The molecule has 0 atom stereocenters. The van der Waals surface area contributed by atoms with Gasteiger partial charge < -0.3 is 5.73 Å². The monoisotopic (exact) mass is 354 g/mol. The smallest absolute Gasteiger partial charge is 0.264 e. The molecule has 2 aromatic carbocycles. The number of anilines is 2. The lowest BCUT2D eigenvalue weighted by atomic mass is 10.3. The summed E-state index contributed by atoms with van der Waals surface area (Å²) in [7, 11) is -3.56. The van der Waals surface area contributed by atoms with Crippen molar-refractivity contribution >= 4 is 37.3 Å². The first-order valence-electron chi connectivity index (χ1n) is 6.09.